The van der Waals surface area contributed by atoms with Crippen LogP contribution in [0.4, 0.5) is 13.2 Å². The lowest BCUT2D eigenvalue weighted by atomic mass is 9.98. The maximum atomic E-state index is 14.8. The van der Waals surface area contributed by atoms with Crippen LogP contribution in [0.25, 0.3) is 0 Å². The molecule has 0 saturated carbocycles. The Bertz CT molecular complexity index is 1290. The summed E-state index contributed by atoms with van der Waals surface area (Å²) in [5, 5.41) is 9.06. The third-order valence-corrected chi connectivity index (χ3v) is 6.21. The topological polar surface area (TPSA) is 74.2 Å². The molecule has 1 aliphatic carbocycles. The summed E-state index contributed by atoms with van der Waals surface area (Å²) in [6.07, 6.45) is 0.278. The van der Waals surface area contributed by atoms with E-state index in [1.807, 2.05) is 0 Å². The Morgan fingerprint density at radius 3 is 2.54 bits per heavy atom. The lowest BCUT2D eigenvalue weighted by molar-refractivity contribution is -0.137. The Balaban J connectivity index is 1.38. The standard InChI is InChI=1S/C26H21F3O6/c1-32-26-19(28)9-15(10-20(26)29)35-21-7-5-18(27)25-17(21)4-6-22(25)34-14-2-3-16-13(8-24(30)31)12-33-23(16)11-14/h2-3,5,7,9-11,13,22H,4,6,8,12H2,1H3,(H,30,31). The van der Waals surface area contributed by atoms with E-state index in [2.05, 4.69) is 4.74 Å². The minimum absolute atomic E-state index is 0.0286. The van der Waals surface area contributed by atoms with E-state index in [1.165, 1.54) is 12.1 Å². The van der Waals surface area contributed by atoms with Crippen LogP contribution >= 0.6 is 0 Å². The summed E-state index contributed by atoms with van der Waals surface area (Å²) in [4.78, 5) is 11.0. The van der Waals surface area contributed by atoms with Gasteiger partial charge in [-0.15, -0.1) is 0 Å². The Kier molecular flexibility index (Phi) is 5.92. The van der Waals surface area contributed by atoms with Gasteiger partial charge < -0.3 is 24.1 Å². The second kappa shape index (κ2) is 9.05. The number of aliphatic carboxylic acids is 1. The van der Waals surface area contributed by atoms with E-state index in [4.69, 9.17) is 19.3 Å². The summed E-state index contributed by atoms with van der Waals surface area (Å²) in [6.45, 7) is 0.277. The number of rotatable bonds is 7. The van der Waals surface area contributed by atoms with Gasteiger partial charge >= 0.3 is 5.97 Å². The van der Waals surface area contributed by atoms with Crippen molar-refractivity contribution in [1.82, 2.24) is 0 Å². The lowest BCUT2D eigenvalue weighted by Gasteiger charge is -2.17. The average Bonchev–Trinajstić information content (AvgIpc) is 3.40. The van der Waals surface area contributed by atoms with E-state index in [0.29, 0.717) is 35.5 Å². The molecule has 0 radical (unpaired) electrons. The van der Waals surface area contributed by atoms with Gasteiger partial charge in [-0.3, -0.25) is 4.79 Å². The van der Waals surface area contributed by atoms with E-state index >= 15 is 0 Å². The van der Waals surface area contributed by atoms with Gasteiger partial charge in [-0.05, 0) is 31.0 Å². The molecule has 0 bridgehead atoms. The fourth-order valence-electron chi connectivity index (χ4n) is 4.65. The van der Waals surface area contributed by atoms with Crippen molar-refractivity contribution < 1.29 is 42.0 Å². The van der Waals surface area contributed by atoms with Crippen LogP contribution in [-0.4, -0.2) is 24.8 Å². The second-order valence-corrected chi connectivity index (χ2v) is 8.41. The molecule has 6 nitrogen and oxygen atoms in total. The Morgan fingerprint density at radius 2 is 1.83 bits per heavy atom. The first-order valence-electron chi connectivity index (χ1n) is 11.0. The van der Waals surface area contributed by atoms with Crippen LogP contribution in [0, 0.1) is 17.5 Å². The fraction of sp³-hybridized carbons (Fsp3) is 0.269. The molecule has 0 aromatic heterocycles. The molecule has 1 heterocycles. The first-order valence-corrected chi connectivity index (χ1v) is 11.0. The quantitative estimate of drug-likeness (QED) is 0.447. The molecule has 0 saturated heterocycles. The molecule has 182 valence electrons. The van der Waals surface area contributed by atoms with E-state index in [9.17, 15) is 18.0 Å². The highest BCUT2D eigenvalue weighted by Gasteiger charge is 2.32. The zero-order valence-electron chi connectivity index (χ0n) is 18.6. The SMILES string of the molecule is COc1c(F)cc(Oc2ccc(F)c3c2CCC3Oc2ccc3c(c2)OCC3CC(=O)O)cc1F. The summed E-state index contributed by atoms with van der Waals surface area (Å²) < 4.78 is 65.1. The first kappa shape index (κ1) is 22.9. The minimum atomic E-state index is -0.910. The number of benzene rings is 3. The third-order valence-electron chi connectivity index (χ3n) is 6.21. The van der Waals surface area contributed by atoms with Gasteiger partial charge in [-0.1, -0.05) is 6.07 Å². The van der Waals surface area contributed by atoms with Crippen LogP contribution in [-0.2, 0) is 11.2 Å². The van der Waals surface area contributed by atoms with Crippen LogP contribution in [0.1, 0.15) is 41.6 Å². The molecule has 1 aliphatic heterocycles. The smallest absolute Gasteiger partial charge is 0.304 e. The van der Waals surface area contributed by atoms with Crippen LogP contribution < -0.4 is 18.9 Å². The average molecular weight is 486 g/mol. The van der Waals surface area contributed by atoms with Crippen molar-refractivity contribution in [2.24, 2.45) is 0 Å². The largest absolute Gasteiger partial charge is 0.492 e. The number of methoxy groups -OCH3 is 1. The molecule has 9 heteroatoms. The van der Waals surface area contributed by atoms with Crippen LogP contribution in [0.5, 0.6) is 28.7 Å². The van der Waals surface area contributed by atoms with Crippen molar-refractivity contribution in [2.45, 2.75) is 31.3 Å². The van der Waals surface area contributed by atoms with Crippen molar-refractivity contribution in [3.8, 4) is 28.7 Å². The van der Waals surface area contributed by atoms with E-state index in [0.717, 1.165) is 24.8 Å². The van der Waals surface area contributed by atoms with Gasteiger partial charge in [0.05, 0.1) is 20.1 Å². The molecule has 5 rings (SSSR count). The fourth-order valence-corrected chi connectivity index (χ4v) is 4.65. The molecular formula is C26H21F3O6. The molecule has 2 unspecified atom stereocenters. The van der Waals surface area contributed by atoms with E-state index in [-0.39, 0.29) is 30.4 Å². The number of halogens is 3. The minimum Gasteiger partial charge on any atom is -0.492 e. The summed E-state index contributed by atoms with van der Waals surface area (Å²) in [6, 6.07) is 9.81. The highest BCUT2D eigenvalue weighted by atomic mass is 19.1. The first-order chi connectivity index (χ1) is 16.8. The molecular weight excluding hydrogens is 465 g/mol. The van der Waals surface area contributed by atoms with Crippen LogP contribution in [0.15, 0.2) is 42.5 Å². The third kappa shape index (κ3) is 4.34. The van der Waals surface area contributed by atoms with E-state index in [1.54, 1.807) is 18.2 Å². The van der Waals surface area contributed by atoms with Gasteiger partial charge in [0.25, 0.3) is 0 Å². The number of hydrogen-bond donors (Lipinski definition) is 1. The Labute approximate surface area is 198 Å². The Morgan fingerprint density at radius 1 is 1.06 bits per heavy atom. The molecule has 3 aromatic carbocycles. The van der Waals surface area contributed by atoms with Crippen molar-refractivity contribution in [1.29, 1.82) is 0 Å². The predicted molar refractivity (Wildman–Crippen MR) is 118 cm³/mol. The number of fused-ring (bicyclic) bond motifs is 2. The van der Waals surface area contributed by atoms with Crippen LogP contribution in [0.2, 0.25) is 0 Å². The monoisotopic (exact) mass is 486 g/mol. The molecule has 0 spiro atoms. The predicted octanol–water partition coefficient (Wildman–Crippen LogP) is 5.92. The van der Waals surface area contributed by atoms with Crippen molar-refractivity contribution in [3.05, 3.63) is 76.6 Å². The number of carbonyl (C=O) groups is 1. The lowest BCUT2D eigenvalue weighted by Crippen LogP contribution is -2.07. The number of ether oxygens (including phenoxy) is 4. The molecule has 1 N–H and O–H groups in total. The van der Waals surface area contributed by atoms with Gasteiger partial charge in [0.1, 0.15) is 34.9 Å². The van der Waals surface area contributed by atoms with Crippen molar-refractivity contribution in [2.75, 3.05) is 13.7 Å². The van der Waals surface area contributed by atoms with Gasteiger partial charge in [0, 0.05) is 40.8 Å². The van der Waals surface area contributed by atoms with Gasteiger partial charge in [-0.25, -0.2) is 13.2 Å². The number of carboxylic acid groups (broad SMARTS) is 1. The summed E-state index contributed by atoms with van der Waals surface area (Å²) >= 11 is 0. The maximum absolute atomic E-state index is 14.8. The van der Waals surface area contributed by atoms with E-state index < -0.39 is 35.3 Å². The zero-order chi connectivity index (χ0) is 24.7. The summed E-state index contributed by atoms with van der Waals surface area (Å²) in [7, 11) is 1.16. The molecule has 3 aromatic rings. The van der Waals surface area contributed by atoms with Gasteiger partial charge in [0.2, 0.25) is 0 Å². The molecule has 0 fully saturated rings. The number of hydrogen-bond acceptors (Lipinski definition) is 5. The van der Waals surface area contributed by atoms with Gasteiger partial charge in [-0.2, -0.15) is 0 Å². The molecule has 2 aliphatic rings. The summed E-state index contributed by atoms with van der Waals surface area (Å²) in [5.74, 6) is -2.72. The van der Waals surface area contributed by atoms with Crippen molar-refractivity contribution in [3.63, 3.8) is 0 Å². The Hall–Kier alpha value is -3.88. The molecule has 35 heavy (non-hydrogen) atoms. The highest BCUT2D eigenvalue weighted by molar-refractivity contribution is 5.68. The second-order valence-electron chi connectivity index (χ2n) is 8.41. The van der Waals surface area contributed by atoms with Crippen molar-refractivity contribution >= 4 is 5.97 Å². The number of carboxylic acids is 1. The normalized spacial score (nSPS) is 17.9. The van der Waals surface area contributed by atoms with Gasteiger partial charge in [0.15, 0.2) is 17.4 Å². The highest BCUT2D eigenvalue weighted by Crippen LogP contribution is 2.44. The molecule has 0 amide bonds. The molecule has 2 atom stereocenters. The maximum Gasteiger partial charge on any atom is 0.304 e. The van der Waals surface area contributed by atoms with Crippen LogP contribution in [0.3, 0.4) is 0 Å². The zero-order valence-corrected chi connectivity index (χ0v) is 18.6. The summed E-state index contributed by atoms with van der Waals surface area (Å²) in [5.41, 5.74) is 1.68.